The smallest absolute Gasteiger partial charge is 0.252 e. The van der Waals surface area contributed by atoms with E-state index in [1.165, 1.54) is 6.40 Å². The summed E-state index contributed by atoms with van der Waals surface area (Å²) >= 11 is 0. The van der Waals surface area contributed by atoms with E-state index >= 15 is 0 Å². The molecule has 2 aliphatic rings. The van der Waals surface area contributed by atoms with Gasteiger partial charge in [0.2, 0.25) is 0 Å². The Labute approximate surface area is 128 Å². The van der Waals surface area contributed by atoms with Crippen LogP contribution in [0, 0.1) is 0 Å². The van der Waals surface area contributed by atoms with Crippen LogP contribution in [0.2, 0.25) is 0 Å². The minimum Gasteiger partial charge on any atom is -0.472 e. The Kier molecular flexibility index (Phi) is 2.96. The first-order valence-electron chi connectivity index (χ1n) is 7.39. The highest BCUT2D eigenvalue weighted by Gasteiger charge is 2.51. The first-order valence-corrected chi connectivity index (χ1v) is 7.39. The van der Waals surface area contributed by atoms with Crippen molar-refractivity contribution in [1.82, 2.24) is 5.32 Å². The van der Waals surface area contributed by atoms with Crippen molar-refractivity contribution in [2.75, 3.05) is 0 Å². The van der Waals surface area contributed by atoms with Crippen molar-refractivity contribution >= 4 is 12.3 Å². The van der Waals surface area contributed by atoms with E-state index in [4.69, 9.17) is 4.74 Å². The van der Waals surface area contributed by atoms with Gasteiger partial charge in [-0.25, -0.2) is 4.99 Å². The SMILES string of the molecule is O=C1NCc2ccccc2C[C@@]12N=CO[C@H]2c1ccccc1. The number of nitrogens with one attached hydrogen (secondary N) is 1. The van der Waals surface area contributed by atoms with Crippen molar-refractivity contribution in [3.05, 3.63) is 71.3 Å². The van der Waals surface area contributed by atoms with E-state index in [1.807, 2.05) is 48.5 Å². The van der Waals surface area contributed by atoms with Gasteiger partial charge < -0.3 is 10.1 Å². The van der Waals surface area contributed by atoms with Gasteiger partial charge in [-0.2, -0.15) is 0 Å². The number of benzene rings is 2. The summed E-state index contributed by atoms with van der Waals surface area (Å²) in [5.74, 6) is -0.0775. The van der Waals surface area contributed by atoms with Gasteiger partial charge in [-0.1, -0.05) is 54.6 Å². The molecule has 0 saturated carbocycles. The lowest BCUT2D eigenvalue weighted by Gasteiger charge is -2.29. The zero-order chi connectivity index (χ0) is 15.0. The summed E-state index contributed by atoms with van der Waals surface area (Å²) in [6, 6.07) is 17.9. The molecular formula is C18H16N2O2. The van der Waals surface area contributed by atoms with Crippen molar-refractivity contribution in [3.63, 3.8) is 0 Å². The number of fused-ring (bicyclic) bond motifs is 1. The highest BCUT2D eigenvalue weighted by molar-refractivity contribution is 5.91. The Balaban J connectivity index is 1.81. The fourth-order valence-electron chi connectivity index (χ4n) is 3.27. The van der Waals surface area contributed by atoms with Crippen LogP contribution in [-0.2, 0) is 22.5 Å². The van der Waals surface area contributed by atoms with E-state index in [9.17, 15) is 4.79 Å². The minimum atomic E-state index is -0.923. The molecule has 1 spiro atoms. The van der Waals surface area contributed by atoms with Gasteiger partial charge in [0.05, 0.1) is 0 Å². The summed E-state index contributed by atoms with van der Waals surface area (Å²) in [7, 11) is 0. The highest BCUT2D eigenvalue weighted by Crippen LogP contribution is 2.40. The predicted octanol–water partition coefficient (Wildman–Crippen LogP) is 2.40. The van der Waals surface area contributed by atoms with Crippen LogP contribution in [0.5, 0.6) is 0 Å². The van der Waals surface area contributed by atoms with Crippen LogP contribution in [0.4, 0.5) is 0 Å². The number of ether oxygens (including phenoxy) is 1. The maximum absolute atomic E-state index is 12.8. The Morgan fingerprint density at radius 3 is 2.59 bits per heavy atom. The van der Waals surface area contributed by atoms with Gasteiger partial charge >= 0.3 is 0 Å². The Hall–Kier alpha value is -2.62. The molecule has 2 atom stereocenters. The molecule has 0 aromatic heterocycles. The van der Waals surface area contributed by atoms with Gasteiger partial charge in [0.15, 0.2) is 18.0 Å². The Morgan fingerprint density at radius 2 is 1.77 bits per heavy atom. The lowest BCUT2D eigenvalue weighted by atomic mass is 9.82. The van der Waals surface area contributed by atoms with E-state index in [0.717, 1.165) is 16.7 Å². The fraction of sp³-hybridized carbons (Fsp3) is 0.222. The zero-order valence-electron chi connectivity index (χ0n) is 12.0. The van der Waals surface area contributed by atoms with Crippen molar-refractivity contribution in [2.24, 2.45) is 4.99 Å². The van der Waals surface area contributed by atoms with Crippen LogP contribution in [0.1, 0.15) is 22.8 Å². The Morgan fingerprint density at radius 1 is 1.05 bits per heavy atom. The standard InChI is InChI=1S/C18H16N2O2/c21-17-18(10-14-8-4-5-9-15(14)11-19-17)16(22-12-20-18)13-6-2-1-3-7-13/h1-9,12,16H,10-11H2,(H,19,21)/t16-,18-/m0/s1. The average Bonchev–Trinajstić information content (AvgIpc) is 2.93. The molecule has 0 bridgehead atoms. The van der Waals surface area contributed by atoms with E-state index in [1.54, 1.807) is 0 Å². The van der Waals surface area contributed by atoms with Gasteiger partial charge in [0.25, 0.3) is 5.91 Å². The lowest BCUT2D eigenvalue weighted by molar-refractivity contribution is -0.128. The molecule has 4 nitrogen and oxygen atoms in total. The first-order chi connectivity index (χ1) is 10.8. The van der Waals surface area contributed by atoms with Gasteiger partial charge in [-0.3, -0.25) is 4.79 Å². The van der Waals surface area contributed by atoms with E-state index in [0.29, 0.717) is 13.0 Å². The second-order valence-electron chi connectivity index (χ2n) is 5.71. The lowest BCUT2D eigenvalue weighted by Crippen LogP contribution is -2.48. The summed E-state index contributed by atoms with van der Waals surface area (Å²) in [5.41, 5.74) is 2.33. The third kappa shape index (κ3) is 1.91. The van der Waals surface area contributed by atoms with Crippen LogP contribution in [0.25, 0.3) is 0 Å². The molecule has 22 heavy (non-hydrogen) atoms. The molecule has 0 aliphatic carbocycles. The number of amides is 1. The molecule has 2 heterocycles. The molecule has 0 fully saturated rings. The fourth-order valence-corrected chi connectivity index (χ4v) is 3.27. The van der Waals surface area contributed by atoms with E-state index in [-0.39, 0.29) is 12.0 Å². The number of hydrogen-bond acceptors (Lipinski definition) is 3. The van der Waals surface area contributed by atoms with Crippen LogP contribution >= 0.6 is 0 Å². The molecule has 4 rings (SSSR count). The molecule has 110 valence electrons. The largest absolute Gasteiger partial charge is 0.472 e. The highest BCUT2D eigenvalue weighted by atomic mass is 16.5. The second kappa shape index (κ2) is 4.98. The normalized spacial score (nSPS) is 26.2. The van der Waals surface area contributed by atoms with Crippen molar-refractivity contribution in [3.8, 4) is 0 Å². The zero-order valence-corrected chi connectivity index (χ0v) is 12.0. The maximum Gasteiger partial charge on any atom is 0.252 e. The number of carbonyl (C=O) groups is 1. The van der Waals surface area contributed by atoms with Crippen LogP contribution in [-0.4, -0.2) is 17.8 Å². The van der Waals surface area contributed by atoms with Crippen LogP contribution in [0.15, 0.2) is 59.6 Å². The van der Waals surface area contributed by atoms with Gasteiger partial charge in [0, 0.05) is 13.0 Å². The second-order valence-corrected chi connectivity index (χ2v) is 5.71. The summed E-state index contributed by atoms with van der Waals surface area (Å²) in [4.78, 5) is 17.3. The maximum atomic E-state index is 12.8. The number of carbonyl (C=O) groups excluding carboxylic acids is 1. The monoisotopic (exact) mass is 292 g/mol. The molecule has 0 saturated heterocycles. The first kappa shape index (κ1) is 13.1. The van der Waals surface area contributed by atoms with Crippen molar-refractivity contribution < 1.29 is 9.53 Å². The summed E-state index contributed by atoms with van der Waals surface area (Å²) < 4.78 is 5.72. The molecule has 2 aliphatic heterocycles. The molecule has 4 heteroatoms. The summed E-state index contributed by atoms with van der Waals surface area (Å²) in [5, 5.41) is 3.00. The third-order valence-corrected chi connectivity index (χ3v) is 4.43. The minimum absolute atomic E-state index is 0.0775. The van der Waals surface area contributed by atoms with E-state index in [2.05, 4.69) is 16.4 Å². The molecule has 2 aromatic carbocycles. The van der Waals surface area contributed by atoms with Gasteiger partial charge in [-0.05, 0) is 16.7 Å². The number of nitrogens with zero attached hydrogens (tertiary/aromatic N) is 1. The summed E-state index contributed by atoms with van der Waals surface area (Å²) in [6.45, 7) is 0.536. The van der Waals surface area contributed by atoms with Gasteiger partial charge in [0.1, 0.15) is 0 Å². The topological polar surface area (TPSA) is 50.7 Å². The molecular weight excluding hydrogens is 276 g/mol. The number of hydrogen-bond donors (Lipinski definition) is 1. The van der Waals surface area contributed by atoms with Gasteiger partial charge in [-0.15, -0.1) is 0 Å². The van der Waals surface area contributed by atoms with E-state index < -0.39 is 5.54 Å². The van der Waals surface area contributed by atoms with Crippen LogP contribution < -0.4 is 5.32 Å². The number of rotatable bonds is 1. The molecule has 1 amide bonds. The van der Waals surface area contributed by atoms with Crippen molar-refractivity contribution in [1.29, 1.82) is 0 Å². The number of aliphatic imine (C=N–C) groups is 1. The quantitative estimate of drug-likeness (QED) is 0.877. The average molecular weight is 292 g/mol. The molecule has 1 N–H and O–H groups in total. The molecule has 0 radical (unpaired) electrons. The third-order valence-electron chi connectivity index (χ3n) is 4.43. The predicted molar refractivity (Wildman–Crippen MR) is 83.5 cm³/mol. The Bertz CT molecular complexity index is 742. The molecule has 0 unspecified atom stereocenters. The molecule has 2 aromatic rings. The summed E-state index contributed by atoms with van der Waals surface area (Å²) in [6.07, 6.45) is 1.58. The van der Waals surface area contributed by atoms with Crippen molar-refractivity contribution in [2.45, 2.75) is 24.6 Å². The van der Waals surface area contributed by atoms with Crippen LogP contribution in [0.3, 0.4) is 0 Å².